The van der Waals surface area contributed by atoms with Crippen LogP contribution in [0.2, 0.25) is 0 Å². The molecule has 0 aliphatic rings. The van der Waals surface area contributed by atoms with Crippen molar-refractivity contribution in [3.05, 3.63) is 65.7 Å². The molecule has 5 nitrogen and oxygen atoms in total. The number of likely N-dealkylation sites (N-methyl/N-ethyl adjacent to an activating group) is 1. The molecule has 0 fully saturated rings. The average molecular weight is 372 g/mol. The highest BCUT2D eigenvalue weighted by atomic mass is 32.2. The van der Waals surface area contributed by atoms with Crippen LogP contribution in [0.5, 0.6) is 0 Å². The number of benzene rings is 2. The van der Waals surface area contributed by atoms with Gasteiger partial charge in [-0.25, -0.2) is 0 Å². The lowest BCUT2D eigenvalue weighted by Crippen LogP contribution is -2.31. The molecular weight excluding hydrogens is 346 g/mol. The second-order valence-corrected chi connectivity index (χ2v) is 7.15. The van der Waals surface area contributed by atoms with Gasteiger partial charge in [0.15, 0.2) is 0 Å². The SMILES string of the molecule is CN(C)CCNC(=O)c1ccc(CSCC(=O)Nc2ccccc2)cc1. The lowest BCUT2D eigenvalue weighted by molar-refractivity contribution is -0.113. The Bertz CT molecular complexity index is 703. The Balaban J connectivity index is 1.71. The summed E-state index contributed by atoms with van der Waals surface area (Å²) in [7, 11) is 3.94. The number of amides is 2. The van der Waals surface area contributed by atoms with E-state index < -0.39 is 0 Å². The number of carbonyl (C=O) groups is 2. The van der Waals surface area contributed by atoms with Gasteiger partial charge >= 0.3 is 0 Å². The van der Waals surface area contributed by atoms with E-state index in [0.717, 1.165) is 23.5 Å². The van der Waals surface area contributed by atoms with Gasteiger partial charge in [-0.3, -0.25) is 9.59 Å². The molecule has 2 N–H and O–H groups in total. The van der Waals surface area contributed by atoms with Gasteiger partial charge in [0.2, 0.25) is 5.91 Å². The van der Waals surface area contributed by atoms with Gasteiger partial charge in [-0.05, 0) is 43.9 Å². The van der Waals surface area contributed by atoms with E-state index in [9.17, 15) is 9.59 Å². The zero-order valence-electron chi connectivity index (χ0n) is 15.2. The number of thioether (sulfide) groups is 1. The third-order valence-corrected chi connectivity index (χ3v) is 4.62. The lowest BCUT2D eigenvalue weighted by Gasteiger charge is -2.10. The first-order valence-corrected chi connectivity index (χ1v) is 9.64. The van der Waals surface area contributed by atoms with E-state index in [4.69, 9.17) is 0 Å². The molecule has 0 atom stereocenters. The first kappa shape index (κ1) is 20.0. The number of hydrogen-bond donors (Lipinski definition) is 2. The first-order valence-electron chi connectivity index (χ1n) is 8.49. The fourth-order valence-corrected chi connectivity index (χ4v) is 3.02. The summed E-state index contributed by atoms with van der Waals surface area (Å²) in [6.45, 7) is 1.44. The minimum Gasteiger partial charge on any atom is -0.351 e. The number of nitrogens with one attached hydrogen (secondary N) is 2. The topological polar surface area (TPSA) is 61.4 Å². The molecule has 0 aliphatic carbocycles. The van der Waals surface area contributed by atoms with Crippen LogP contribution >= 0.6 is 11.8 Å². The molecule has 2 aromatic rings. The molecule has 26 heavy (non-hydrogen) atoms. The molecule has 0 saturated carbocycles. The Kier molecular flexibility index (Phi) is 8.18. The Morgan fingerprint density at radius 3 is 2.35 bits per heavy atom. The maximum atomic E-state index is 12.0. The summed E-state index contributed by atoms with van der Waals surface area (Å²) < 4.78 is 0. The highest BCUT2D eigenvalue weighted by Crippen LogP contribution is 2.14. The minimum absolute atomic E-state index is 0.0157. The second-order valence-electron chi connectivity index (χ2n) is 6.16. The summed E-state index contributed by atoms with van der Waals surface area (Å²) in [4.78, 5) is 26.0. The summed E-state index contributed by atoms with van der Waals surface area (Å²) in [5, 5.41) is 5.76. The molecule has 0 bridgehead atoms. The van der Waals surface area contributed by atoms with E-state index in [2.05, 4.69) is 10.6 Å². The normalized spacial score (nSPS) is 10.6. The summed E-state index contributed by atoms with van der Waals surface area (Å²) >= 11 is 1.55. The second kappa shape index (κ2) is 10.6. The van der Waals surface area contributed by atoms with E-state index in [1.54, 1.807) is 11.8 Å². The van der Waals surface area contributed by atoms with Crippen molar-refractivity contribution in [1.29, 1.82) is 0 Å². The third kappa shape index (κ3) is 7.29. The van der Waals surface area contributed by atoms with Crippen LogP contribution < -0.4 is 10.6 Å². The highest BCUT2D eigenvalue weighted by molar-refractivity contribution is 7.99. The maximum absolute atomic E-state index is 12.0. The van der Waals surface area contributed by atoms with Crippen molar-refractivity contribution in [3.63, 3.8) is 0 Å². The molecule has 2 aromatic carbocycles. The highest BCUT2D eigenvalue weighted by Gasteiger charge is 2.06. The molecule has 0 unspecified atom stereocenters. The predicted molar refractivity (Wildman–Crippen MR) is 109 cm³/mol. The number of carbonyl (C=O) groups excluding carboxylic acids is 2. The van der Waals surface area contributed by atoms with Gasteiger partial charge in [0.1, 0.15) is 0 Å². The van der Waals surface area contributed by atoms with Crippen LogP contribution in [0.1, 0.15) is 15.9 Å². The fourth-order valence-electron chi connectivity index (χ4n) is 2.23. The average Bonchev–Trinajstić information content (AvgIpc) is 2.62. The summed E-state index contributed by atoms with van der Waals surface area (Å²) in [6, 6.07) is 16.9. The van der Waals surface area contributed by atoms with Crippen LogP contribution in [-0.2, 0) is 10.5 Å². The van der Waals surface area contributed by atoms with Crippen molar-refractivity contribution in [2.24, 2.45) is 0 Å². The van der Waals surface area contributed by atoms with Gasteiger partial charge in [0.25, 0.3) is 5.91 Å². The molecule has 6 heteroatoms. The van der Waals surface area contributed by atoms with Crippen molar-refractivity contribution in [1.82, 2.24) is 10.2 Å². The summed E-state index contributed by atoms with van der Waals surface area (Å²) in [5.41, 5.74) is 2.55. The van der Waals surface area contributed by atoms with Crippen LogP contribution in [0.3, 0.4) is 0 Å². The van der Waals surface area contributed by atoms with Crippen LogP contribution in [0.15, 0.2) is 54.6 Å². The molecule has 0 heterocycles. The number of hydrogen-bond acceptors (Lipinski definition) is 4. The van der Waals surface area contributed by atoms with Crippen LogP contribution in [-0.4, -0.2) is 49.7 Å². The van der Waals surface area contributed by atoms with Crippen LogP contribution in [0.25, 0.3) is 0 Å². The van der Waals surface area contributed by atoms with Gasteiger partial charge in [-0.1, -0.05) is 30.3 Å². The molecule has 0 aromatic heterocycles. The van der Waals surface area contributed by atoms with Crippen LogP contribution in [0.4, 0.5) is 5.69 Å². The van der Waals surface area contributed by atoms with E-state index in [-0.39, 0.29) is 11.8 Å². The molecule has 0 radical (unpaired) electrons. The molecule has 2 amide bonds. The minimum atomic E-state index is -0.0618. The molecule has 0 spiro atoms. The summed E-state index contributed by atoms with van der Waals surface area (Å²) in [5.74, 6) is 1.04. The van der Waals surface area contributed by atoms with Crippen molar-refractivity contribution in [2.45, 2.75) is 5.75 Å². The van der Waals surface area contributed by atoms with E-state index in [1.807, 2.05) is 73.6 Å². The number of nitrogens with zero attached hydrogens (tertiary/aromatic N) is 1. The molecule has 0 aliphatic heterocycles. The van der Waals surface area contributed by atoms with E-state index >= 15 is 0 Å². The number of rotatable bonds is 9. The number of para-hydroxylation sites is 1. The third-order valence-electron chi connectivity index (χ3n) is 3.62. The fraction of sp³-hybridized carbons (Fsp3) is 0.300. The largest absolute Gasteiger partial charge is 0.351 e. The van der Waals surface area contributed by atoms with Gasteiger partial charge in [-0.2, -0.15) is 0 Å². The predicted octanol–water partition coefficient (Wildman–Crippen LogP) is 2.85. The lowest BCUT2D eigenvalue weighted by atomic mass is 10.1. The zero-order chi connectivity index (χ0) is 18.8. The maximum Gasteiger partial charge on any atom is 0.251 e. The van der Waals surface area contributed by atoms with Gasteiger partial charge in [-0.15, -0.1) is 11.8 Å². The van der Waals surface area contributed by atoms with Crippen molar-refractivity contribution < 1.29 is 9.59 Å². The Morgan fingerprint density at radius 1 is 1.00 bits per heavy atom. The standard InChI is InChI=1S/C20H25N3O2S/c1-23(2)13-12-21-20(25)17-10-8-16(9-11-17)14-26-15-19(24)22-18-6-4-3-5-7-18/h3-11H,12-15H2,1-2H3,(H,21,25)(H,22,24). The Hall–Kier alpha value is -2.31. The van der Waals surface area contributed by atoms with Gasteiger partial charge in [0, 0.05) is 30.1 Å². The quantitative estimate of drug-likeness (QED) is 0.712. The number of anilines is 1. The molecule has 0 saturated heterocycles. The zero-order valence-corrected chi connectivity index (χ0v) is 16.0. The summed E-state index contributed by atoms with van der Waals surface area (Å²) in [6.07, 6.45) is 0. The van der Waals surface area contributed by atoms with E-state index in [1.165, 1.54) is 0 Å². The smallest absolute Gasteiger partial charge is 0.251 e. The molecule has 138 valence electrons. The van der Waals surface area contributed by atoms with Gasteiger partial charge in [0.05, 0.1) is 5.75 Å². The van der Waals surface area contributed by atoms with Crippen LogP contribution in [0, 0.1) is 0 Å². The van der Waals surface area contributed by atoms with Crippen molar-refractivity contribution in [3.8, 4) is 0 Å². The van der Waals surface area contributed by atoms with E-state index in [0.29, 0.717) is 17.9 Å². The van der Waals surface area contributed by atoms with Gasteiger partial charge < -0.3 is 15.5 Å². The van der Waals surface area contributed by atoms with Crippen molar-refractivity contribution in [2.75, 3.05) is 38.3 Å². The Morgan fingerprint density at radius 2 is 1.69 bits per heavy atom. The monoisotopic (exact) mass is 371 g/mol. The Labute approximate surface area is 159 Å². The molecule has 2 rings (SSSR count). The van der Waals surface area contributed by atoms with Crippen molar-refractivity contribution >= 4 is 29.3 Å². The first-order chi connectivity index (χ1) is 12.5. The molecular formula is C20H25N3O2S.